The van der Waals surface area contributed by atoms with Gasteiger partial charge in [-0.1, -0.05) is 13.8 Å². The molecule has 0 amide bonds. The van der Waals surface area contributed by atoms with Crippen molar-refractivity contribution in [3.05, 3.63) is 35.1 Å². The summed E-state index contributed by atoms with van der Waals surface area (Å²) in [6, 6.07) is 2.02. The normalized spacial score (nSPS) is 14.7. The van der Waals surface area contributed by atoms with Crippen LogP contribution in [0.5, 0.6) is 0 Å². The zero-order valence-corrected chi connectivity index (χ0v) is 10.1. The molecular weight excluding hydrogens is 250 g/mol. The van der Waals surface area contributed by atoms with Crippen LogP contribution < -0.4 is 5.73 Å². The van der Waals surface area contributed by atoms with Crippen LogP contribution in [-0.2, 0) is 6.18 Å². The maximum atomic E-state index is 13.2. The van der Waals surface area contributed by atoms with Crippen molar-refractivity contribution in [3.8, 4) is 0 Å². The maximum Gasteiger partial charge on any atom is 0.416 e. The van der Waals surface area contributed by atoms with E-state index in [1.165, 1.54) is 0 Å². The van der Waals surface area contributed by atoms with Crippen LogP contribution in [0.15, 0.2) is 18.2 Å². The molecule has 6 heteroatoms. The van der Waals surface area contributed by atoms with Crippen LogP contribution in [0.25, 0.3) is 0 Å². The Morgan fingerprint density at radius 1 is 1.22 bits per heavy atom. The maximum absolute atomic E-state index is 13.2. The fraction of sp³-hybridized carbons (Fsp3) is 0.500. The lowest BCUT2D eigenvalue weighted by atomic mass is 9.82. The second-order valence-corrected chi connectivity index (χ2v) is 4.87. The molecule has 0 aromatic heterocycles. The predicted octanol–water partition coefficient (Wildman–Crippen LogP) is 2.86. The van der Waals surface area contributed by atoms with Crippen LogP contribution >= 0.6 is 0 Å². The Morgan fingerprint density at radius 3 is 2.22 bits per heavy atom. The van der Waals surface area contributed by atoms with Gasteiger partial charge in [0.2, 0.25) is 0 Å². The van der Waals surface area contributed by atoms with E-state index in [-0.39, 0.29) is 12.1 Å². The Labute approximate surface area is 102 Å². The van der Waals surface area contributed by atoms with Crippen molar-refractivity contribution in [2.75, 3.05) is 6.54 Å². The predicted molar refractivity (Wildman–Crippen MR) is 59.2 cm³/mol. The van der Waals surface area contributed by atoms with Crippen molar-refractivity contribution < 1.29 is 22.7 Å². The monoisotopic (exact) mass is 265 g/mol. The van der Waals surface area contributed by atoms with Gasteiger partial charge in [-0.05, 0) is 23.8 Å². The summed E-state index contributed by atoms with van der Waals surface area (Å²) >= 11 is 0. The molecule has 1 aromatic rings. The van der Waals surface area contributed by atoms with E-state index in [4.69, 9.17) is 5.73 Å². The minimum atomic E-state index is -4.65. The van der Waals surface area contributed by atoms with Crippen molar-refractivity contribution in [1.82, 2.24) is 0 Å². The molecule has 1 aromatic carbocycles. The van der Waals surface area contributed by atoms with E-state index >= 15 is 0 Å². The Kier molecular flexibility index (Phi) is 4.02. The number of nitrogens with two attached hydrogens (primary N) is 1. The minimum Gasteiger partial charge on any atom is -0.388 e. The molecule has 0 aliphatic rings. The first kappa shape index (κ1) is 14.9. The second kappa shape index (κ2) is 4.85. The smallest absolute Gasteiger partial charge is 0.388 e. The average molecular weight is 265 g/mol. The largest absolute Gasteiger partial charge is 0.416 e. The van der Waals surface area contributed by atoms with Crippen molar-refractivity contribution in [1.29, 1.82) is 0 Å². The van der Waals surface area contributed by atoms with Gasteiger partial charge in [0, 0.05) is 12.0 Å². The van der Waals surface area contributed by atoms with E-state index in [0.29, 0.717) is 6.07 Å². The van der Waals surface area contributed by atoms with Crippen LogP contribution in [0.2, 0.25) is 0 Å². The van der Waals surface area contributed by atoms with E-state index in [2.05, 4.69) is 0 Å². The molecule has 2 nitrogen and oxygen atoms in total. The summed E-state index contributed by atoms with van der Waals surface area (Å²) in [5.74, 6) is -1.04. The fourth-order valence-corrected chi connectivity index (χ4v) is 1.50. The van der Waals surface area contributed by atoms with Gasteiger partial charge in [-0.3, -0.25) is 0 Å². The van der Waals surface area contributed by atoms with Gasteiger partial charge < -0.3 is 10.8 Å². The molecule has 1 rings (SSSR count). The molecule has 0 bridgehead atoms. The van der Waals surface area contributed by atoms with Gasteiger partial charge in [-0.15, -0.1) is 0 Å². The number of alkyl halides is 3. The zero-order chi connectivity index (χ0) is 14.1. The third-order valence-electron chi connectivity index (χ3n) is 2.83. The topological polar surface area (TPSA) is 46.2 Å². The fourth-order valence-electron chi connectivity index (χ4n) is 1.50. The van der Waals surface area contributed by atoms with Gasteiger partial charge >= 0.3 is 6.18 Å². The zero-order valence-electron chi connectivity index (χ0n) is 10.1. The van der Waals surface area contributed by atoms with Crippen molar-refractivity contribution in [2.24, 2.45) is 11.1 Å². The first-order valence-electron chi connectivity index (χ1n) is 5.34. The lowest BCUT2D eigenvalue weighted by Crippen LogP contribution is -2.31. The Morgan fingerprint density at radius 2 is 1.78 bits per heavy atom. The third kappa shape index (κ3) is 3.20. The highest BCUT2D eigenvalue weighted by Crippen LogP contribution is 2.36. The summed E-state index contributed by atoms with van der Waals surface area (Å²) < 4.78 is 50.7. The van der Waals surface area contributed by atoms with Gasteiger partial charge in [0.1, 0.15) is 5.82 Å². The summed E-state index contributed by atoms with van der Waals surface area (Å²) in [4.78, 5) is 0. The number of halogens is 4. The molecular formula is C12H15F4NO. The van der Waals surface area contributed by atoms with E-state index in [9.17, 15) is 22.7 Å². The summed E-state index contributed by atoms with van der Waals surface area (Å²) in [5.41, 5.74) is 3.35. The van der Waals surface area contributed by atoms with Crippen molar-refractivity contribution in [3.63, 3.8) is 0 Å². The summed E-state index contributed by atoms with van der Waals surface area (Å²) in [7, 11) is 0. The van der Waals surface area contributed by atoms with Gasteiger partial charge in [0.05, 0.1) is 11.7 Å². The highest BCUT2D eigenvalue weighted by atomic mass is 19.4. The number of aliphatic hydroxyl groups excluding tert-OH is 1. The number of hydrogen-bond acceptors (Lipinski definition) is 2. The molecule has 0 spiro atoms. The first-order valence-corrected chi connectivity index (χ1v) is 5.34. The average Bonchev–Trinajstić information content (AvgIpc) is 2.26. The van der Waals surface area contributed by atoms with Crippen molar-refractivity contribution >= 4 is 0 Å². The van der Waals surface area contributed by atoms with Crippen LogP contribution in [0.1, 0.15) is 31.1 Å². The number of benzene rings is 1. The van der Waals surface area contributed by atoms with Gasteiger partial charge in [-0.2, -0.15) is 13.2 Å². The first-order chi connectivity index (χ1) is 8.08. The quantitative estimate of drug-likeness (QED) is 0.825. The molecule has 3 N–H and O–H groups in total. The van der Waals surface area contributed by atoms with Crippen LogP contribution in [0.4, 0.5) is 17.6 Å². The number of rotatable bonds is 3. The highest BCUT2D eigenvalue weighted by molar-refractivity contribution is 5.29. The van der Waals surface area contributed by atoms with E-state index in [1.807, 2.05) is 0 Å². The molecule has 0 fully saturated rings. The second-order valence-electron chi connectivity index (χ2n) is 4.87. The minimum absolute atomic E-state index is 0.0615. The van der Waals surface area contributed by atoms with Gasteiger partial charge in [0.25, 0.3) is 0 Å². The lowest BCUT2D eigenvalue weighted by Gasteiger charge is -2.29. The molecule has 0 saturated heterocycles. The number of hydrogen-bond donors (Lipinski definition) is 2. The molecule has 1 atom stereocenters. The Hall–Kier alpha value is -1.14. The lowest BCUT2D eigenvalue weighted by molar-refractivity contribution is -0.137. The summed E-state index contributed by atoms with van der Waals surface area (Å²) in [6.07, 6.45) is -5.91. The van der Waals surface area contributed by atoms with Crippen LogP contribution in [0, 0.1) is 11.2 Å². The molecule has 0 radical (unpaired) electrons. The highest BCUT2D eigenvalue weighted by Gasteiger charge is 2.34. The van der Waals surface area contributed by atoms with Crippen molar-refractivity contribution in [2.45, 2.75) is 26.1 Å². The molecule has 102 valence electrons. The molecule has 18 heavy (non-hydrogen) atoms. The number of aliphatic hydroxyl groups is 1. The molecule has 0 aliphatic heterocycles. The van der Waals surface area contributed by atoms with E-state index < -0.39 is 29.1 Å². The standard InChI is InChI=1S/C12H15F4NO/c1-11(2,6-17)10(18)7-3-8(12(14,15)16)5-9(13)4-7/h3-5,10,18H,6,17H2,1-2H3. The Balaban J connectivity index is 3.23. The Bertz CT molecular complexity index is 429. The van der Waals surface area contributed by atoms with Gasteiger partial charge in [-0.25, -0.2) is 4.39 Å². The molecule has 0 saturated carbocycles. The third-order valence-corrected chi connectivity index (χ3v) is 2.83. The van der Waals surface area contributed by atoms with E-state index in [1.54, 1.807) is 13.8 Å². The summed E-state index contributed by atoms with van der Waals surface area (Å²) in [5, 5.41) is 9.95. The SMILES string of the molecule is CC(C)(CN)C(O)c1cc(F)cc(C(F)(F)F)c1. The molecule has 1 unspecified atom stereocenters. The van der Waals surface area contributed by atoms with Crippen LogP contribution in [0.3, 0.4) is 0 Å². The van der Waals surface area contributed by atoms with Gasteiger partial charge in [0.15, 0.2) is 0 Å². The van der Waals surface area contributed by atoms with E-state index in [0.717, 1.165) is 12.1 Å². The molecule has 0 aliphatic carbocycles. The molecule has 0 heterocycles. The van der Waals surface area contributed by atoms with Crippen LogP contribution in [-0.4, -0.2) is 11.7 Å². The summed E-state index contributed by atoms with van der Waals surface area (Å²) in [6.45, 7) is 3.25.